The molecule has 17 heavy (non-hydrogen) atoms. The van der Waals surface area contributed by atoms with E-state index in [1.165, 1.54) is 24.1 Å². The van der Waals surface area contributed by atoms with E-state index >= 15 is 0 Å². The van der Waals surface area contributed by atoms with E-state index in [2.05, 4.69) is 26.2 Å². The Balaban J connectivity index is 1.79. The van der Waals surface area contributed by atoms with Gasteiger partial charge in [0, 0.05) is 5.33 Å². The molecule has 4 nitrogen and oxygen atoms in total. The predicted molar refractivity (Wildman–Crippen MR) is 71.2 cm³/mol. The first-order chi connectivity index (χ1) is 8.42. The summed E-state index contributed by atoms with van der Waals surface area (Å²) >= 11 is 3.42. The third-order valence-electron chi connectivity index (χ3n) is 2.56. The van der Waals surface area contributed by atoms with E-state index < -0.39 is 0 Å². The SMILES string of the molecule is BrCCCCCCOn1nnc2ccccc21. The van der Waals surface area contributed by atoms with Crippen molar-refractivity contribution in [2.75, 3.05) is 11.9 Å². The molecule has 0 fully saturated rings. The fourth-order valence-corrected chi connectivity index (χ4v) is 2.04. The van der Waals surface area contributed by atoms with Crippen molar-refractivity contribution in [3.63, 3.8) is 0 Å². The van der Waals surface area contributed by atoms with Crippen molar-refractivity contribution in [2.24, 2.45) is 0 Å². The molecule has 1 aromatic heterocycles. The molecule has 0 radical (unpaired) electrons. The molecule has 0 atom stereocenters. The monoisotopic (exact) mass is 297 g/mol. The van der Waals surface area contributed by atoms with Crippen LogP contribution in [0.1, 0.15) is 25.7 Å². The lowest BCUT2D eigenvalue weighted by molar-refractivity contribution is 0.0844. The molecule has 1 heterocycles. The summed E-state index contributed by atoms with van der Waals surface area (Å²) in [5.74, 6) is 0. The molecule has 92 valence electrons. The first-order valence-corrected chi connectivity index (χ1v) is 7.03. The summed E-state index contributed by atoms with van der Waals surface area (Å²) in [6.07, 6.45) is 4.72. The van der Waals surface area contributed by atoms with E-state index in [1.54, 1.807) is 0 Å². The van der Waals surface area contributed by atoms with Crippen LogP contribution in [0.15, 0.2) is 24.3 Å². The first kappa shape index (κ1) is 12.4. The number of halogens is 1. The zero-order chi connectivity index (χ0) is 11.9. The van der Waals surface area contributed by atoms with Crippen molar-refractivity contribution < 1.29 is 4.84 Å². The molecule has 0 saturated carbocycles. The number of unbranched alkanes of at least 4 members (excludes halogenated alkanes) is 3. The van der Waals surface area contributed by atoms with Gasteiger partial charge in [-0.1, -0.05) is 39.3 Å². The van der Waals surface area contributed by atoms with Gasteiger partial charge in [-0.2, -0.15) is 0 Å². The van der Waals surface area contributed by atoms with Gasteiger partial charge in [0.1, 0.15) is 17.6 Å². The molecular weight excluding hydrogens is 282 g/mol. The second-order valence-corrected chi connectivity index (χ2v) is 4.68. The number of hydrogen-bond acceptors (Lipinski definition) is 3. The highest BCUT2D eigenvalue weighted by molar-refractivity contribution is 9.09. The van der Waals surface area contributed by atoms with Gasteiger partial charge in [0.15, 0.2) is 0 Å². The third-order valence-corrected chi connectivity index (χ3v) is 3.12. The topological polar surface area (TPSA) is 39.9 Å². The number of aromatic nitrogens is 3. The highest BCUT2D eigenvalue weighted by Gasteiger charge is 2.02. The molecule has 0 bridgehead atoms. The number of alkyl halides is 1. The van der Waals surface area contributed by atoms with E-state index in [0.717, 1.165) is 22.8 Å². The van der Waals surface area contributed by atoms with Crippen molar-refractivity contribution in [1.29, 1.82) is 0 Å². The van der Waals surface area contributed by atoms with Crippen LogP contribution in [0.5, 0.6) is 0 Å². The second kappa shape index (κ2) is 6.59. The maximum atomic E-state index is 5.57. The van der Waals surface area contributed by atoms with Gasteiger partial charge in [0.25, 0.3) is 0 Å². The van der Waals surface area contributed by atoms with E-state index in [0.29, 0.717) is 6.61 Å². The van der Waals surface area contributed by atoms with Gasteiger partial charge in [-0.05, 0) is 36.6 Å². The number of fused-ring (bicyclic) bond motifs is 1. The summed E-state index contributed by atoms with van der Waals surface area (Å²) < 4.78 is 0. The standard InChI is InChI=1S/C12H16BrN3O/c13-9-5-1-2-6-10-17-16-12-8-4-3-7-11(12)14-15-16/h3-4,7-8H,1-2,5-6,9-10H2. The predicted octanol–water partition coefficient (Wildman–Crippen LogP) is 2.82. The lowest BCUT2D eigenvalue weighted by Crippen LogP contribution is -2.14. The van der Waals surface area contributed by atoms with Crippen LogP contribution >= 0.6 is 15.9 Å². The van der Waals surface area contributed by atoms with Gasteiger partial charge in [-0.25, -0.2) is 0 Å². The molecule has 0 unspecified atom stereocenters. The van der Waals surface area contributed by atoms with Gasteiger partial charge in [0.2, 0.25) is 0 Å². The summed E-state index contributed by atoms with van der Waals surface area (Å²) in [6, 6.07) is 7.79. The highest BCUT2D eigenvalue weighted by Crippen LogP contribution is 2.08. The van der Waals surface area contributed by atoms with Crippen molar-refractivity contribution in [2.45, 2.75) is 25.7 Å². The number of benzene rings is 1. The first-order valence-electron chi connectivity index (χ1n) is 5.91. The second-order valence-electron chi connectivity index (χ2n) is 3.89. The fraction of sp³-hybridized carbons (Fsp3) is 0.500. The van der Waals surface area contributed by atoms with E-state index in [1.807, 2.05) is 24.3 Å². The van der Waals surface area contributed by atoms with E-state index in [9.17, 15) is 0 Å². The van der Waals surface area contributed by atoms with E-state index in [4.69, 9.17) is 4.84 Å². The molecule has 0 aliphatic heterocycles. The molecule has 0 aliphatic rings. The average Bonchev–Trinajstić information content (AvgIpc) is 2.77. The number of nitrogens with zero attached hydrogens (tertiary/aromatic N) is 3. The molecule has 2 aromatic rings. The molecule has 0 spiro atoms. The van der Waals surface area contributed by atoms with Crippen LogP contribution in [0.25, 0.3) is 11.0 Å². The molecule has 0 saturated heterocycles. The van der Waals surface area contributed by atoms with Crippen molar-refractivity contribution >= 4 is 27.0 Å². The molecular formula is C12H16BrN3O. The van der Waals surface area contributed by atoms with Crippen molar-refractivity contribution in [1.82, 2.24) is 15.2 Å². The lowest BCUT2D eigenvalue weighted by atomic mass is 10.2. The van der Waals surface area contributed by atoms with Crippen LogP contribution < -0.4 is 4.84 Å². The zero-order valence-corrected chi connectivity index (χ0v) is 11.3. The van der Waals surface area contributed by atoms with Crippen LogP contribution in [0.2, 0.25) is 0 Å². The van der Waals surface area contributed by atoms with Gasteiger partial charge in [-0.3, -0.25) is 0 Å². The summed E-state index contributed by atoms with van der Waals surface area (Å²) in [5.41, 5.74) is 1.79. The smallest absolute Gasteiger partial charge is 0.130 e. The Labute approximate surface area is 109 Å². The summed E-state index contributed by atoms with van der Waals surface area (Å²) in [7, 11) is 0. The maximum absolute atomic E-state index is 5.57. The Morgan fingerprint density at radius 2 is 1.94 bits per heavy atom. The molecule has 0 aliphatic carbocycles. The van der Waals surface area contributed by atoms with Crippen LogP contribution in [-0.2, 0) is 0 Å². The van der Waals surface area contributed by atoms with Crippen LogP contribution in [0, 0.1) is 0 Å². The molecule has 1 aromatic carbocycles. The van der Waals surface area contributed by atoms with Crippen LogP contribution in [0.3, 0.4) is 0 Å². The van der Waals surface area contributed by atoms with Gasteiger partial charge in [0.05, 0.1) is 0 Å². The minimum absolute atomic E-state index is 0.690. The largest absolute Gasteiger partial charge is 0.395 e. The maximum Gasteiger partial charge on any atom is 0.130 e. The minimum atomic E-state index is 0.690. The third kappa shape index (κ3) is 3.43. The van der Waals surface area contributed by atoms with E-state index in [-0.39, 0.29) is 0 Å². The molecule has 2 rings (SSSR count). The number of hydrogen-bond donors (Lipinski definition) is 0. The lowest BCUT2D eigenvalue weighted by Gasteiger charge is -2.04. The van der Waals surface area contributed by atoms with Crippen molar-refractivity contribution in [3.05, 3.63) is 24.3 Å². The molecule has 0 amide bonds. The normalized spacial score (nSPS) is 10.9. The van der Waals surface area contributed by atoms with Gasteiger partial charge >= 0.3 is 0 Å². The minimum Gasteiger partial charge on any atom is -0.395 e. The molecule has 0 N–H and O–H groups in total. The summed E-state index contributed by atoms with van der Waals surface area (Å²) in [6.45, 7) is 0.690. The highest BCUT2D eigenvalue weighted by atomic mass is 79.9. The Hall–Kier alpha value is -1.10. The Kier molecular flexibility index (Phi) is 4.79. The average molecular weight is 298 g/mol. The Morgan fingerprint density at radius 1 is 1.12 bits per heavy atom. The summed E-state index contributed by atoms with van der Waals surface area (Å²) in [4.78, 5) is 7.08. The summed E-state index contributed by atoms with van der Waals surface area (Å²) in [5, 5.41) is 9.08. The fourth-order valence-electron chi connectivity index (χ4n) is 1.64. The van der Waals surface area contributed by atoms with Gasteiger partial charge < -0.3 is 4.84 Å². The van der Waals surface area contributed by atoms with Gasteiger partial charge in [-0.15, -0.1) is 5.10 Å². The Morgan fingerprint density at radius 3 is 2.82 bits per heavy atom. The number of para-hydroxylation sites is 1. The number of rotatable bonds is 7. The molecule has 5 heteroatoms. The quantitative estimate of drug-likeness (QED) is 0.583. The van der Waals surface area contributed by atoms with Crippen LogP contribution in [0.4, 0.5) is 0 Å². The zero-order valence-electron chi connectivity index (χ0n) is 9.68. The van der Waals surface area contributed by atoms with Crippen LogP contribution in [-0.4, -0.2) is 27.1 Å². The Bertz CT molecular complexity index is 458. The van der Waals surface area contributed by atoms with Crippen molar-refractivity contribution in [3.8, 4) is 0 Å².